The van der Waals surface area contributed by atoms with E-state index in [1.165, 1.54) is 12.1 Å². The van der Waals surface area contributed by atoms with Gasteiger partial charge in [0.15, 0.2) is 5.78 Å². The van der Waals surface area contributed by atoms with Crippen molar-refractivity contribution in [3.05, 3.63) is 57.6 Å². The quantitative estimate of drug-likeness (QED) is 0.632. The molecule has 6 nitrogen and oxygen atoms in total. The van der Waals surface area contributed by atoms with Crippen LogP contribution in [0.4, 0.5) is 0 Å². The maximum Gasteiger partial charge on any atom is 0.335 e. The van der Waals surface area contributed by atoms with Gasteiger partial charge in [0.1, 0.15) is 11.5 Å². The first-order chi connectivity index (χ1) is 10.3. The topological polar surface area (TPSA) is 112 Å². The summed E-state index contributed by atoms with van der Waals surface area (Å²) < 4.78 is 0. The molecule has 6 heteroatoms. The number of hydrogen-bond donors (Lipinski definition) is 3. The van der Waals surface area contributed by atoms with Crippen LogP contribution >= 0.6 is 0 Å². The molecule has 22 heavy (non-hydrogen) atoms. The minimum atomic E-state index is -1.32. The molecule has 0 aliphatic heterocycles. The molecule has 0 bridgehead atoms. The third-order valence-electron chi connectivity index (χ3n) is 3.57. The molecular weight excluding hydrogens is 288 g/mol. The summed E-state index contributed by atoms with van der Waals surface area (Å²) in [6.07, 6.45) is 0. The first kappa shape index (κ1) is 13.8. The second kappa shape index (κ2) is 4.42. The molecule has 0 spiro atoms. The van der Waals surface area contributed by atoms with Crippen LogP contribution in [0.15, 0.2) is 24.3 Å². The Labute approximate surface area is 124 Å². The van der Waals surface area contributed by atoms with Crippen molar-refractivity contribution in [1.82, 2.24) is 0 Å². The zero-order valence-electron chi connectivity index (χ0n) is 11.4. The highest BCUT2D eigenvalue weighted by molar-refractivity contribution is 6.30. The number of phenolic OH excluding ortho intramolecular Hbond substituents is 2. The highest BCUT2D eigenvalue weighted by Crippen LogP contribution is 2.37. The second-order valence-electron chi connectivity index (χ2n) is 5.09. The van der Waals surface area contributed by atoms with E-state index in [9.17, 15) is 24.6 Å². The van der Waals surface area contributed by atoms with Crippen LogP contribution in [0.5, 0.6) is 11.5 Å². The van der Waals surface area contributed by atoms with Gasteiger partial charge < -0.3 is 15.3 Å². The summed E-state index contributed by atoms with van der Waals surface area (Å²) in [5.41, 5.74) is -0.364. The Hall–Kier alpha value is -3.15. The summed E-state index contributed by atoms with van der Waals surface area (Å²) in [5.74, 6) is -3.59. The Morgan fingerprint density at radius 2 is 1.41 bits per heavy atom. The Morgan fingerprint density at radius 3 is 2.00 bits per heavy atom. The van der Waals surface area contributed by atoms with Gasteiger partial charge >= 0.3 is 5.97 Å². The standard InChI is InChI=1S/C16H10O6/c1-6-2-8-12(10(17)3-6)15(20)13-9(14(8)19)4-7(16(21)22)5-11(13)18/h2-5,17-18H,1H3,(H,21,22). The first-order valence-electron chi connectivity index (χ1n) is 6.34. The van der Waals surface area contributed by atoms with Crippen LogP contribution in [0, 0.1) is 6.92 Å². The monoisotopic (exact) mass is 298 g/mol. The molecule has 1 aliphatic carbocycles. The van der Waals surface area contributed by atoms with Crippen molar-refractivity contribution in [3.8, 4) is 11.5 Å². The van der Waals surface area contributed by atoms with Gasteiger partial charge in [0, 0.05) is 11.1 Å². The second-order valence-corrected chi connectivity index (χ2v) is 5.09. The molecule has 3 rings (SSSR count). The number of rotatable bonds is 1. The molecule has 2 aromatic rings. The Morgan fingerprint density at radius 1 is 0.864 bits per heavy atom. The van der Waals surface area contributed by atoms with Gasteiger partial charge in [-0.2, -0.15) is 0 Å². The lowest BCUT2D eigenvalue weighted by molar-refractivity contribution is 0.0695. The molecule has 0 saturated carbocycles. The minimum Gasteiger partial charge on any atom is -0.507 e. The maximum atomic E-state index is 12.5. The van der Waals surface area contributed by atoms with Crippen LogP contribution in [0.3, 0.4) is 0 Å². The zero-order valence-corrected chi connectivity index (χ0v) is 11.4. The molecular formula is C16H10O6. The van der Waals surface area contributed by atoms with Gasteiger partial charge in [-0.3, -0.25) is 9.59 Å². The van der Waals surface area contributed by atoms with Gasteiger partial charge in [-0.1, -0.05) is 0 Å². The Bertz CT molecular complexity index is 879. The summed E-state index contributed by atoms with van der Waals surface area (Å²) in [4.78, 5) is 36.0. The number of carbonyl (C=O) groups is 3. The van der Waals surface area contributed by atoms with Crippen LogP contribution in [-0.2, 0) is 0 Å². The predicted octanol–water partition coefficient (Wildman–Crippen LogP) is 1.88. The fourth-order valence-corrected chi connectivity index (χ4v) is 2.62. The highest BCUT2D eigenvalue weighted by atomic mass is 16.4. The number of hydrogen-bond acceptors (Lipinski definition) is 5. The minimum absolute atomic E-state index is 0.00283. The van der Waals surface area contributed by atoms with E-state index >= 15 is 0 Å². The van der Waals surface area contributed by atoms with E-state index in [0.717, 1.165) is 12.1 Å². The van der Waals surface area contributed by atoms with E-state index in [1.807, 2.05) is 0 Å². The zero-order chi connectivity index (χ0) is 16.2. The Kier molecular flexibility index (Phi) is 2.78. The van der Waals surface area contributed by atoms with Gasteiger partial charge in [0.05, 0.1) is 16.7 Å². The van der Waals surface area contributed by atoms with E-state index < -0.39 is 23.3 Å². The molecule has 0 atom stereocenters. The fraction of sp³-hybridized carbons (Fsp3) is 0.0625. The summed E-state index contributed by atoms with van der Waals surface area (Å²) in [6.45, 7) is 1.65. The molecule has 2 aromatic carbocycles. The van der Waals surface area contributed by atoms with Gasteiger partial charge in [0.2, 0.25) is 5.78 Å². The van der Waals surface area contributed by atoms with E-state index in [2.05, 4.69) is 0 Å². The van der Waals surface area contributed by atoms with Crippen molar-refractivity contribution >= 4 is 17.5 Å². The normalized spacial score (nSPS) is 12.8. The summed E-state index contributed by atoms with van der Waals surface area (Å²) in [6, 6.07) is 4.75. The molecule has 0 aromatic heterocycles. The molecule has 0 heterocycles. The number of carboxylic acid groups (broad SMARTS) is 1. The average molecular weight is 298 g/mol. The molecule has 0 saturated heterocycles. The Balaban J connectivity index is 2.36. The number of carbonyl (C=O) groups excluding carboxylic acids is 2. The number of carboxylic acids is 1. The highest BCUT2D eigenvalue weighted by Gasteiger charge is 2.35. The van der Waals surface area contributed by atoms with E-state index in [1.54, 1.807) is 6.92 Å². The molecule has 1 aliphatic rings. The fourth-order valence-electron chi connectivity index (χ4n) is 2.62. The van der Waals surface area contributed by atoms with Crippen molar-refractivity contribution in [2.45, 2.75) is 6.92 Å². The largest absolute Gasteiger partial charge is 0.507 e. The SMILES string of the molecule is Cc1cc(O)c2c(c1)C(=O)c1cc(C(=O)O)cc(O)c1C2=O. The smallest absolute Gasteiger partial charge is 0.335 e. The van der Waals surface area contributed by atoms with Crippen molar-refractivity contribution < 1.29 is 29.7 Å². The summed E-state index contributed by atoms with van der Waals surface area (Å²) in [5, 5.41) is 28.9. The number of phenols is 2. The molecule has 0 unspecified atom stereocenters. The first-order valence-corrected chi connectivity index (χ1v) is 6.34. The summed E-state index contributed by atoms with van der Waals surface area (Å²) >= 11 is 0. The average Bonchev–Trinajstić information content (AvgIpc) is 2.42. The van der Waals surface area contributed by atoms with Gasteiger partial charge in [-0.15, -0.1) is 0 Å². The van der Waals surface area contributed by atoms with Crippen molar-refractivity contribution in [1.29, 1.82) is 0 Å². The number of aromatic carboxylic acids is 1. The van der Waals surface area contributed by atoms with Gasteiger partial charge in [0.25, 0.3) is 0 Å². The van der Waals surface area contributed by atoms with Crippen molar-refractivity contribution in [2.24, 2.45) is 0 Å². The van der Waals surface area contributed by atoms with E-state index in [-0.39, 0.29) is 33.6 Å². The summed E-state index contributed by atoms with van der Waals surface area (Å²) in [7, 11) is 0. The number of aromatic hydroxyl groups is 2. The maximum absolute atomic E-state index is 12.5. The lowest BCUT2D eigenvalue weighted by Crippen LogP contribution is -2.22. The van der Waals surface area contributed by atoms with Gasteiger partial charge in [-0.25, -0.2) is 4.79 Å². The van der Waals surface area contributed by atoms with Crippen LogP contribution in [-0.4, -0.2) is 32.9 Å². The number of aryl methyl sites for hydroxylation is 1. The molecule has 3 N–H and O–H groups in total. The van der Waals surface area contributed by atoms with Crippen molar-refractivity contribution in [3.63, 3.8) is 0 Å². The molecule has 0 fully saturated rings. The molecule has 110 valence electrons. The number of ketones is 2. The number of fused-ring (bicyclic) bond motifs is 2. The van der Waals surface area contributed by atoms with Gasteiger partial charge in [-0.05, 0) is 36.8 Å². The van der Waals surface area contributed by atoms with Crippen LogP contribution in [0.1, 0.15) is 47.8 Å². The van der Waals surface area contributed by atoms with Crippen molar-refractivity contribution in [2.75, 3.05) is 0 Å². The predicted molar refractivity (Wildman–Crippen MR) is 74.8 cm³/mol. The van der Waals surface area contributed by atoms with Crippen LogP contribution in [0.25, 0.3) is 0 Å². The lowest BCUT2D eigenvalue weighted by atomic mass is 9.81. The van der Waals surface area contributed by atoms with E-state index in [0.29, 0.717) is 5.56 Å². The third kappa shape index (κ3) is 1.77. The van der Waals surface area contributed by atoms with Crippen LogP contribution in [0.2, 0.25) is 0 Å². The lowest BCUT2D eigenvalue weighted by Gasteiger charge is -2.20. The third-order valence-corrected chi connectivity index (χ3v) is 3.57. The van der Waals surface area contributed by atoms with Crippen LogP contribution < -0.4 is 0 Å². The number of benzene rings is 2. The molecule has 0 amide bonds. The van der Waals surface area contributed by atoms with E-state index in [4.69, 9.17) is 5.11 Å². The molecule has 0 radical (unpaired) electrons.